The van der Waals surface area contributed by atoms with Gasteiger partial charge in [-0.15, -0.1) is 0 Å². The van der Waals surface area contributed by atoms with Gasteiger partial charge in [0.1, 0.15) is 12.3 Å². The van der Waals surface area contributed by atoms with Crippen molar-refractivity contribution in [1.29, 1.82) is 0 Å². The summed E-state index contributed by atoms with van der Waals surface area (Å²) in [6.45, 7) is 3.32. The molecular weight excluding hydrogens is 298 g/mol. The zero-order chi connectivity index (χ0) is 16.8. The number of hydrogen-bond acceptors (Lipinski definition) is 6. The molecule has 2 aromatic heterocycles. The first-order valence-electron chi connectivity index (χ1n) is 7.07. The van der Waals surface area contributed by atoms with Crippen LogP contribution in [0.2, 0.25) is 0 Å². The maximum absolute atomic E-state index is 12.0. The molecule has 1 amide bonds. The number of hydrogen-bond donors (Lipinski definition) is 2. The summed E-state index contributed by atoms with van der Waals surface area (Å²) < 4.78 is 4.72. The van der Waals surface area contributed by atoms with Gasteiger partial charge >= 0.3 is 5.97 Å². The average molecular weight is 315 g/mol. The van der Waals surface area contributed by atoms with Crippen molar-refractivity contribution >= 4 is 11.9 Å². The standard InChI is InChI=1S/C16H17N3O4/c1-3-23-13(20)9-19-16(22)14-15(21)10(2)12(8-18-14)11-4-6-17-7-5-11/h4-8,21H,3,9H2,1-2H3,(H,19,22). The number of amides is 1. The van der Waals surface area contributed by atoms with Crippen LogP contribution in [0.5, 0.6) is 5.75 Å². The van der Waals surface area contributed by atoms with Crippen LogP contribution in [0, 0.1) is 6.92 Å². The van der Waals surface area contributed by atoms with E-state index in [1.54, 1.807) is 38.4 Å². The molecule has 120 valence electrons. The number of carbonyl (C=O) groups excluding carboxylic acids is 2. The second-order valence-electron chi connectivity index (χ2n) is 4.72. The minimum absolute atomic E-state index is 0.135. The van der Waals surface area contributed by atoms with Crippen LogP contribution in [-0.4, -0.2) is 40.1 Å². The maximum Gasteiger partial charge on any atom is 0.325 e. The van der Waals surface area contributed by atoms with E-state index in [1.165, 1.54) is 6.20 Å². The Hall–Kier alpha value is -2.96. The van der Waals surface area contributed by atoms with Crippen molar-refractivity contribution in [3.05, 3.63) is 42.0 Å². The Balaban J connectivity index is 2.20. The maximum atomic E-state index is 12.0. The zero-order valence-electron chi connectivity index (χ0n) is 12.9. The molecule has 2 N–H and O–H groups in total. The van der Waals surface area contributed by atoms with E-state index in [2.05, 4.69) is 15.3 Å². The molecule has 7 nitrogen and oxygen atoms in total. The molecule has 0 saturated carbocycles. The van der Waals surface area contributed by atoms with Crippen LogP contribution in [0.15, 0.2) is 30.7 Å². The second kappa shape index (κ2) is 7.35. The Morgan fingerprint density at radius 1 is 1.30 bits per heavy atom. The van der Waals surface area contributed by atoms with Crippen molar-refractivity contribution in [3.8, 4) is 16.9 Å². The molecule has 0 unspecified atom stereocenters. The molecule has 0 spiro atoms. The molecule has 2 heterocycles. The first kappa shape index (κ1) is 16.4. The molecule has 0 aliphatic heterocycles. The smallest absolute Gasteiger partial charge is 0.325 e. The van der Waals surface area contributed by atoms with E-state index in [0.717, 1.165) is 5.56 Å². The molecule has 2 aromatic rings. The normalized spacial score (nSPS) is 10.2. The first-order valence-corrected chi connectivity index (χ1v) is 7.07. The van der Waals surface area contributed by atoms with Gasteiger partial charge in [0.2, 0.25) is 0 Å². The average Bonchev–Trinajstić information content (AvgIpc) is 2.56. The lowest BCUT2D eigenvalue weighted by atomic mass is 10.0. The third-order valence-electron chi connectivity index (χ3n) is 3.21. The summed E-state index contributed by atoms with van der Waals surface area (Å²) in [5.41, 5.74) is 1.92. The summed E-state index contributed by atoms with van der Waals surface area (Å²) in [6, 6.07) is 3.56. The van der Waals surface area contributed by atoms with Crippen LogP contribution in [0.4, 0.5) is 0 Å². The van der Waals surface area contributed by atoms with E-state index in [1.807, 2.05) is 0 Å². The number of carbonyl (C=O) groups is 2. The number of ether oxygens (including phenoxy) is 1. The van der Waals surface area contributed by atoms with E-state index in [0.29, 0.717) is 11.1 Å². The van der Waals surface area contributed by atoms with Gasteiger partial charge in [0, 0.05) is 29.7 Å². The second-order valence-corrected chi connectivity index (χ2v) is 4.72. The van der Waals surface area contributed by atoms with E-state index in [-0.39, 0.29) is 24.6 Å². The fourth-order valence-corrected chi connectivity index (χ4v) is 2.03. The molecule has 0 radical (unpaired) electrons. The largest absolute Gasteiger partial charge is 0.505 e. The van der Waals surface area contributed by atoms with Crippen molar-refractivity contribution < 1.29 is 19.4 Å². The molecule has 0 saturated heterocycles. The summed E-state index contributed by atoms with van der Waals surface area (Å²) in [5, 5.41) is 12.6. The van der Waals surface area contributed by atoms with Gasteiger partial charge < -0.3 is 15.2 Å². The minimum atomic E-state index is -0.639. The number of nitrogens with one attached hydrogen (secondary N) is 1. The number of rotatable bonds is 5. The summed E-state index contributed by atoms with van der Waals surface area (Å²) in [6.07, 6.45) is 4.77. The van der Waals surface area contributed by atoms with Crippen molar-refractivity contribution in [2.24, 2.45) is 0 Å². The molecule has 0 aliphatic rings. The third kappa shape index (κ3) is 3.82. The number of esters is 1. The van der Waals surface area contributed by atoms with Gasteiger partial charge in [-0.25, -0.2) is 4.98 Å². The third-order valence-corrected chi connectivity index (χ3v) is 3.21. The van der Waals surface area contributed by atoms with Gasteiger partial charge in [0.25, 0.3) is 5.91 Å². The van der Waals surface area contributed by atoms with Gasteiger partial charge in [-0.3, -0.25) is 14.6 Å². The van der Waals surface area contributed by atoms with Crippen LogP contribution in [-0.2, 0) is 9.53 Å². The van der Waals surface area contributed by atoms with Gasteiger partial charge in [-0.1, -0.05) is 0 Å². The van der Waals surface area contributed by atoms with Gasteiger partial charge in [-0.2, -0.15) is 0 Å². The quantitative estimate of drug-likeness (QED) is 0.810. The minimum Gasteiger partial charge on any atom is -0.505 e. The van der Waals surface area contributed by atoms with Crippen LogP contribution in [0.25, 0.3) is 11.1 Å². The Bertz CT molecular complexity index is 717. The number of pyridine rings is 2. The predicted molar refractivity (Wildman–Crippen MR) is 82.8 cm³/mol. The van der Waals surface area contributed by atoms with Crippen LogP contribution in [0.1, 0.15) is 23.0 Å². The molecule has 23 heavy (non-hydrogen) atoms. The van der Waals surface area contributed by atoms with Crippen molar-refractivity contribution in [2.75, 3.05) is 13.2 Å². The van der Waals surface area contributed by atoms with Gasteiger partial charge in [-0.05, 0) is 31.5 Å². The molecule has 0 fully saturated rings. The Labute approximate surface area is 133 Å². The van der Waals surface area contributed by atoms with E-state index < -0.39 is 11.9 Å². The monoisotopic (exact) mass is 315 g/mol. The molecule has 0 bridgehead atoms. The highest BCUT2D eigenvalue weighted by atomic mass is 16.5. The number of aromatic nitrogens is 2. The summed E-state index contributed by atoms with van der Waals surface area (Å²) >= 11 is 0. The Morgan fingerprint density at radius 3 is 2.65 bits per heavy atom. The lowest BCUT2D eigenvalue weighted by molar-refractivity contribution is -0.141. The highest BCUT2D eigenvalue weighted by molar-refractivity contribution is 5.97. The molecular formula is C16H17N3O4. The fraction of sp³-hybridized carbons (Fsp3) is 0.250. The van der Waals surface area contributed by atoms with Crippen molar-refractivity contribution in [2.45, 2.75) is 13.8 Å². The first-order chi connectivity index (χ1) is 11.0. The topological polar surface area (TPSA) is 101 Å². The summed E-state index contributed by atoms with van der Waals surface area (Å²) in [4.78, 5) is 31.2. The highest BCUT2D eigenvalue weighted by Crippen LogP contribution is 2.30. The number of nitrogens with zero attached hydrogens (tertiary/aromatic N) is 2. The van der Waals surface area contributed by atoms with Crippen LogP contribution >= 0.6 is 0 Å². The van der Waals surface area contributed by atoms with E-state index in [9.17, 15) is 14.7 Å². The van der Waals surface area contributed by atoms with Crippen molar-refractivity contribution in [3.63, 3.8) is 0 Å². The Morgan fingerprint density at radius 2 is 2.00 bits per heavy atom. The summed E-state index contributed by atoms with van der Waals surface area (Å²) in [7, 11) is 0. The highest BCUT2D eigenvalue weighted by Gasteiger charge is 2.18. The summed E-state index contributed by atoms with van der Waals surface area (Å²) in [5.74, 6) is -1.41. The van der Waals surface area contributed by atoms with E-state index >= 15 is 0 Å². The SMILES string of the molecule is CCOC(=O)CNC(=O)c1ncc(-c2ccncc2)c(C)c1O. The lowest BCUT2D eigenvalue weighted by Crippen LogP contribution is -2.31. The molecule has 0 aliphatic carbocycles. The van der Waals surface area contributed by atoms with Crippen molar-refractivity contribution in [1.82, 2.24) is 15.3 Å². The van der Waals surface area contributed by atoms with Gasteiger partial charge in [0.15, 0.2) is 5.69 Å². The molecule has 7 heteroatoms. The van der Waals surface area contributed by atoms with E-state index in [4.69, 9.17) is 4.74 Å². The molecule has 2 rings (SSSR count). The fourth-order valence-electron chi connectivity index (χ4n) is 2.03. The number of aromatic hydroxyl groups is 1. The van der Waals surface area contributed by atoms with Gasteiger partial charge in [0.05, 0.1) is 6.61 Å². The van der Waals surface area contributed by atoms with Crippen LogP contribution < -0.4 is 5.32 Å². The Kier molecular flexibility index (Phi) is 5.24. The lowest BCUT2D eigenvalue weighted by Gasteiger charge is -2.11. The zero-order valence-corrected chi connectivity index (χ0v) is 12.9. The van der Waals surface area contributed by atoms with Crippen LogP contribution in [0.3, 0.4) is 0 Å². The molecule has 0 aromatic carbocycles. The molecule has 0 atom stereocenters. The predicted octanol–water partition coefficient (Wildman–Crippen LogP) is 1.45.